The van der Waals surface area contributed by atoms with E-state index >= 15 is 0 Å². The molecule has 2 aromatic heterocycles. The van der Waals surface area contributed by atoms with Crippen molar-refractivity contribution >= 4 is 23.4 Å². The van der Waals surface area contributed by atoms with Gasteiger partial charge in [-0.25, -0.2) is 4.68 Å². The van der Waals surface area contributed by atoms with E-state index in [9.17, 15) is 4.79 Å². The molecule has 3 heterocycles. The van der Waals surface area contributed by atoms with Crippen LogP contribution in [-0.4, -0.2) is 48.9 Å². The topological polar surface area (TPSA) is 130 Å². The van der Waals surface area contributed by atoms with Crippen molar-refractivity contribution in [3.8, 4) is 28.6 Å². The molecule has 30 heavy (non-hydrogen) atoms. The van der Waals surface area contributed by atoms with Gasteiger partial charge in [0.15, 0.2) is 11.5 Å². The normalized spacial score (nSPS) is 12.1. The van der Waals surface area contributed by atoms with Crippen LogP contribution in [-0.2, 0) is 4.79 Å². The molecule has 1 amide bonds. The van der Waals surface area contributed by atoms with Gasteiger partial charge in [-0.3, -0.25) is 4.79 Å². The average molecular weight is 423 g/mol. The van der Waals surface area contributed by atoms with Crippen LogP contribution in [0.15, 0.2) is 58.4 Å². The van der Waals surface area contributed by atoms with Crippen molar-refractivity contribution < 1.29 is 18.7 Å². The van der Waals surface area contributed by atoms with Gasteiger partial charge in [0, 0.05) is 11.3 Å². The van der Waals surface area contributed by atoms with Crippen LogP contribution >= 0.6 is 11.8 Å². The second-order valence-corrected chi connectivity index (χ2v) is 7.01. The Morgan fingerprint density at radius 2 is 2.07 bits per heavy atom. The summed E-state index contributed by atoms with van der Waals surface area (Å²) in [5, 5.41) is 22.1. The molecule has 12 heteroatoms. The lowest BCUT2D eigenvalue weighted by atomic mass is 10.2. The second kappa shape index (κ2) is 7.83. The average Bonchev–Trinajstić information content (AvgIpc) is 3.53. The second-order valence-electron chi connectivity index (χ2n) is 6.08. The first kappa shape index (κ1) is 18.1. The number of anilines is 1. The minimum absolute atomic E-state index is 0.109. The molecule has 0 fully saturated rings. The quantitative estimate of drug-likeness (QED) is 0.460. The first-order chi connectivity index (χ1) is 14.7. The zero-order valence-corrected chi connectivity index (χ0v) is 16.1. The third kappa shape index (κ3) is 3.80. The molecule has 2 aromatic carbocycles. The summed E-state index contributed by atoms with van der Waals surface area (Å²) in [5.41, 5.74) is 2.07. The third-order valence-corrected chi connectivity index (χ3v) is 4.91. The van der Waals surface area contributed by atoms with Crippen LogP contribution in [0.1, 0.15) is 0 Å². The van der Waals surface area contributed by atoms with E-state index in [4.69, 9.17) is 13.9 Å². The van der Waals surface area contributed by atoms with Crippen LogP contribution in [0.2, 0.25) is 0 Å². The van der Waals surface area contributed by atoms with E-state index in [1.165, 1.54) is 11.0 Å². The first-order valence-electron chi connectivity index (χ1n) is 8.74. The van der Waals surface area contributed by atoms with Crippen LogP contribution in [0.5, 0.6) is 11.5 Å². The van der Waals surface area contributed by atoms with E-state index < -0.39 is 0 Å². The SMILES string of the molecule is O=C(CSc1nnc(-c2ccc3c(c2)OCO3)o1)Nc1cccc(-n2cnnn2)c1. The van der Waals surface area contributed by atoms with Gasteiger partial charge in [0.25, 0.3) is 5.22 Å². The molecule has 0 saturated heterocycles. The minimum atomic E-state index is -0.211. The Kier molecular flexibility index (Phi) is 4.73. The number of thioether (sulfide) groups is 1. The smallest absolute Gasteiger partial charge is 0.277 e. The maximum Gasteiger partial charge on any atom is 0.277 e. The number of ether oxygens (including phenoxy) is 2. The highest BCUT2D eigenvalue weighted by molar-refractivity contribution is 7.99. The predicted molar refractivity (Wildman–Crippen MR) is 104 cm³/mol. The van der Waals surface area contributed by atoms with Gasteiger partial charge in [0.1, 0.15) is 6.33 Å². The molecule has 150 valence electrons. The van der Waals surface area contributed by atoms with E-state index in [0.29, 0.717) is 33.9 Å². The number of nitrogens with one attached hydrogen (secondary N) is 1. The van der Waals surface area contributed by atoms with Crippen molar-refractivity contribution in [1.29, 1.82) is 0 Å². The number of rotatable bonds is 6. The van der Waals surface area contributed by atoms with Gasteiger partial charge in [0.05, 0.1) is 11.4 Å². The van der Waals surface area contributed by atoms with Gasteiger partial charge in [-0.1, -0.05) is 17.8 Å². The molecule has 0 radical (unpaired) electrons. The predicted octanol–water partition coefficient (Wildman–Crippen LogP) is 2.17. The summed E-state index contributed by atoms with van der Waals surface area (Å²) >= 11 is 1.14. The summed E-state index contributed by atoms with van der Waals surface area (Å²) in [6, 6.07) is 12.5. The van der Waals surface area contributed by atoms with Crippen molar-refractivity contribution in [2.24, 2.45) is 0 Å². The van der Waals surface area contributed by atoms with Crippen LogP contribution < -0.4 is 14.8 Å². The van der Waals surface area contributed by atoms with E-state index in [2.05, 4.69) is 31.0 Å². The van der Waals surface area contributed by atoms with E-state index in [-0.39, 0.29) is 18.5 Å². The first-order valence-corrected chi connectivity index (χ1v) is 9.73. The number of carbonyl (C=O) groups is 1. The Morgan fingerprint density at radius 1 is 1.13 bits per heavy atom. The van der Waals surface area contributed by atoms with Gasteiger partial charge in [-0.15, -0.1) is 15.3 Å². The van der Waals surface area contributed by atoms with Crippen LogP contribution in [0.4, 0.5) is 5.69 Å². The molecule has 0 aliphatic carbocycles. The summed E-state index contributed by atoms with van der Waals surface area (Å²) < 4.78 is 17.8. The standard InChI is InChI=1S/C18H13N7O4S/c26-16(20-12-2-1-3-13(7-12)25-9-19-23-24-25)8-30-18-22-21-17(29-18)11-4-5-14-15(6-11)28-10-27-14/h1-7,9H,8,10H2,(H,20,26). The summed E-state index contributed by atoms with van der Waals surface area (Å²) in [6.45, 7) is 0.192. The zero-order chi connectivity index (χ0) is 20.3. The Bertz CT molecular complexity index is 1190. The molecule has 0 bridgehead atoms. The number of amides is 1. The van der Waals surface area contributed by atoms with E-state index in [0.717, 1.165) is 17.4 Å². The Hall–Kier alpha value is -3.93. The molecule has 0 saturated carbocycles. The molecule has 0 unspecified atom stereocenters. The highest BCUT2D eigenvalue weighted by Gasteiger charge is 2.17. The number of hydrogen-bond donors (Lipinski definition) is 1. The molecule has 4 aromatic rings. The largest absolute Gasteiger partial charge is 0.454 e. The minimum Gasteiger partial charge on any atom is -0.454 e. The highest BCUT2D eigenvalue weighted by atomic mass is 32.2. The number of hydrogen-bond acceptors (Lipinski definition) is 10. The summed E-state index contributed by atoms with van der Waals surface area (Å²) in [7, 11) is 0. The summed E-state index contributed by atoms with van der Waals surface area (Å²) in [5.74, 6) is 1.54. The van der Waals surface area contributed by atoms with Gasteiger partial charge >= 0.3 is 0 Å². The lowest BCUT2D eigenvalue weighted by Crippen LogP contribution is -2.14. The highest BCUT2D eigenvalue weighted by Crippen LogP contribution is 2.36. The number of benzene rings is 2. The van der Waals surface area contributed by atoms with Crippen LogP contribution in [0.3, 0.4) is 0 Å². The summed E-state index contributed by atoms with van der Waals surface area (Å²) in [4.78, 5) is 12.3. The van der Waals surface area contributed by atoms with Gasteiger partial charge in [-0.05, 0) is 46.8 Å². The van der Waals surface area contributed by atoms with Gasteiger partial charge in [0.2, 0.25) is 18.6 Å². The maximum absolute atomic E-state index is 12.3. The lowest BCUT2D eigenvalue weighted by Gasteiger charge is -2.06. The molecule has 0 spiro atoms. The van der Waals surface area contributed by atoms with Crippen LogP contribution in [0.25, 0.3) is 17.1 Å². The number of tetrazole rings is 1. The van der Waals surface area contributed by atoms with Crippen LogP contribution in [0, 0.1) is 0 Å². The zero-order valence-electron chi connectivity index (χ0n) is 15.3. The molecular formula is C18H13N7O4S. The summed E-state index contributed by atoms with van der Waals surface area (Å²) in [6.07, 6.45) is 1.48. The van der Waals surface area contributed by atoms with Gasteiger partial charge < -0.3 is 19.2 Å². The third-order valence-electron chi connectivity index (χ3n) is 4.10. The lowest BCUT2D eigenvalue weighted by molar-refractivity contribution is -0.113. The molecular weight excluding hydrogens is 410 g/mol. The fourth-order valence-electron chi connectivity index (χ4n) is 2.74. The fraction of sp³-hybridized carbons (Fsp3) is 0.111. The molecule has 11 nitrogen and oxygen atoms in total. The molecule has 0 atom stereocenters. The Labute approximate surface area is 173 Å². The molecule has 5 rings (SSSR count). The van der Waals surface area contributed by atoms with Crippen molar-refractivity contribution in [2.45, 2.75) is 5.22 Å². The molecule has 1 N–H and O–H groups in total. The van der Waals surface area contributed by atoms with Crippen molar-refractivity contribution in [2.75, 3.05) is 17.9 Å². The number of aromatic nitrogens is 6. The number of fused-ring (bicyclic) bond motifs is 1. The Morgan fingerprint density at radius 3 is 2.97 bits per heavy atom. The molecule has 1 aliphatic heterocycles. The number of carbonyl (C=O) groups excluding carboxylic acids is 1. The number of nitrogens with zero attached hydrogens (tertiary/aromatic N) is 6. The fourth-order valence-corrected chi connectivity index (χ4v) is 3.31. The van der Waals surface area contributed by atoms with Crippen molar-refractivity contribution in [1.82, 2.24) is 30.4 Å². The van der Waals surface area contributed by atoms with Gasteiger partial charge in [-0.2, -0.15) is 0 Å². The Balaban J connectivity index is 1.20. The monoisotopic (exact) mass is 423 g/mol. The maximum atomic E-state index is 12.3. The van der Waals surface area contributed by atoms with Crippen molar-refractivity contribution in [3.63, 3.8) is 0 Å². The van der Waals surface area contributed by atoms with E-state index in [1.807, 2.05) is 6.07 Å². The molecule has 1 aliphatic rings. The van der Waals surface area contributed by atoms with E-state index in [1.54, 1.807) is 36.4 Å². The van der Waals surface area contributed by atoms with Crippen molar-refractivity contribution in [3.05, 3.63) is 48.8 Å².